The van der Waals surface area contributed by atoms with Crippen LogP contribution in [0.5, 0.6) is 0 Å². The predicted molar refractivity (Wildman–Crippen MR) is 133 cm³/mol. The van der Waals surface area contributed by atoms with E-state index in [0.29, 0.717) is 28.2 Å². The first kappa shape index (κ1) is 24.4. The molecule has 7 nitrogen and oxygen atoms in total. The molecule has 1 aliphatic heterocycles. The zero-order valence-corrected chi connectivity index (χ0v) is 20.7. The van der Waals surface area contributed by atoms with Crippen molar-refractivity contribution < 1.29 is 22.0 Å². The zero-order chi connectivity index (χ0) is 25.3. The highest BCUT2D eigenvalue weighted by molar-refractivity contribution is 7.89. The van der Waals surface area contributed by atoms with Crippen molar-refractivity contribution in [3.63, 3.8) is 0 Å². The van der Waals surface area contributed by atoms with Gasteiger partial charge in [-0.15, -0.1) is 0 Å². The van der Waals surface area contributed by atoms with Crippen LogP contribution in [-0.2, 0) is 21.4 Å². The van der Waals surface area contributed by atoms with E-state index in [-0.39, 0.29) is 30.4 Å². The maximum Gasteiger partial charge on any atom is 0.243 e. The van der Waals surface area contributed by atoms with Crippen LogP contribution in [-0.4, -0.2) is 41.7 Å². The maximum atomic E-state index is 13.8. The first-order valence-corrected chi connectivity index (χ1v) is 13.6. The average molecular weight is 529 g/mol. The average Bonchev–Trinajstić information content (AvgIpc) is 3.31. The number of hydrogen-bond donors (Lipinski definition) is 0. The van der Waals surface area contributed by atoms with Crippen LogP contribution in [0.1, 0.15) is 18.4 Å². The molecule has 2 aromatic heterocycles. The molecule has 5 rings (SSSR count). The van der Waals surface area contributed by atoms with Gasteiger partial charge in [0, 0.05) is 25.5 Å². The number of amides is 1. The Labute approximate surface area is 211 Å². The smallest absolute Gasteiger partial charge is 0.243 e. The molecule has 0 saturated carbocycles. The van der Waals surface area contributed by atoms with Gasteiger partial charge in [0.05, 0.1) is 27.6 Å². The molecule has 1 unspecified atom stereocenters. The van der Waals surface area contributed by atoms with E-state index < -0.39 is 27.6 Å². The number of fused-ring (bicyclic) bond motifs is 1. The van der Waals surface area contributed by atoms with Crippen LogP contribution in [0.3, 0.4) is 0 Å². The number of hydrogen-bond acceptors (Lipinski definition) is 6. The number of sulfonamides is 1. The highest BCUT2D eigenvalue weighted by Gasteiger charge is 2.36. The Hall–Kier alpha value is -3.28. The SMILES string of the molecule is O=C(C1CCCN(S(=O)(=O)c2ccc(F)cc2)C1)N(Cc1cccnc1)c1nc2ccc(F)cc2s1. The van der Waals surface area contributed by atoms with Gasteiger partial charge in [-0.05, 0) is 66.9 Å². The topological polar surface area (TPSA) is 83.5 Å². The number of carbonyl (C=O) groups is 1. The van der Waals surface area contributed by atoms with Crippen molar-refractivity contribution in [2.75, 3.05) is 18.0 Å². The molecule has 1 saturated heterocycles. The molecule has 3 heterocycles. The summed E-state index contributed by atoms with van der Waals surface area (Å²) in [6.45, 7) is 0.463. The number of nitrogens with zero attached hydrogens (tertiary/aromatic N) is 4. The van der Waals surface area contributed by atoms with E-state index in [2.05, 4.69) is 9.97 Å². The van der Waals surface area contributed by atoms with Crippen molar-refractivity contribution >= 4 is 42.6 Å². The summed E-state index contributed by atoms with van der Waals surface area (Å²) in [5.74, 6) is -1.79. The normalized spacial score (nSPS) is 16.8. The molecule has 0 N–H and O–H groups in total. The first-order chi connectivity index (χ1) is 17.3. The van der Waals surface area contributed by atoms with Crippen LogP contribution in [0.4, 0.5) is 13.9 Å². The summed E-state index contributed by atoms with van der Waals surface area (Å²) in [6.07, 6.45) is 4.30. The van der Waals surface area contributed by atoms with Gasteiger partial charge in [0.15, 0.2) is 5.13 Å². The Morgan fingerprint density at radius 3 is 2.64 bits per heavy atom. The molecule has 36 heavy (non-hydrogen) atoms. The fourth-order valence-corrected chi connectivity index (χ4v) is 6.77. The standard InChI is InChI=1S/C25H22F2N4O3S2/c26-19-5-8-21(9-6-19)36(33,34)30-12-2-4-18(16-30)24(32)31(15-17-3-1-11-28-14-17)25-29-22-10-7-20(27)13-23(22)35-25/h1,3,5-11,13-14,18H,2,4,12,15-16H2. The van der Waals surface area contributed by atoms with Crippen LogP contribution in [0.2, 0.25) is 0 Å². The number of aromatic nitrogens is 2. The van der Waals surface area contributed by atoms with Crippen molar-refractivity contribution in [1.29, 1.82) is 0 Å². The summed E-state index contributed by atoms with van der Waals surface area (Å²) in [6, 6.07) is 12.5. The number of piperidine rings is 1. The molecule has 1 fully saturated rings. The largest absolute Gasteiger partial charge is 0.283 e. The second-order valence-electron chi connectivity index (χ2n) is 8.55. The highest BCUT2D eigenvalue weighted by Crippen LogP contribution is 2.33. The molecule has 11 heteroatoms. The third-order valence-corrected chi connectivity index (χ3v) is 9.00. The van der Waals surface area contributed by atoms with Gasteiger partial charge < -0.3 is 0 Å². The Morgan fingerprint density at radius 1 is 1.11 bits per heavy atom. The van der Waals surface area contributed by atoms with Crippen LogP contribution in [0.15, 0.2) is 71.9 Å². The number of rotatable bonds is 6. The van der Waals surface area contributed by atoms with Gasteiger partial charge in [0.2, 0.25) is 15.9 Å². The van der Waals surface area contributed by atoms with E-state index in [1.54, 1.807) is 24.5 Å². The molecule has 186 valence electrons. The third-order valence-electron chi connectivity index (χ3n) is 6.08. The predicted octanol–water partition coefficient (Wildman–Crippen LogP) is 4.60. The summed E-state index contributed by atoms with van der Waals surface area (Å²) in [5, 5.41) is 0.406. The fourth-order valence-electron chi connectivity index (χ4n) is 4.25. The highest BCUT2D eigenvalue weighted by atomic mass is 32.2. The van der Waals surface area contributed by atoms with Gasteiger partial charge in [0.25, 0.3) is 0 Å². The summed E-state index contributed by atoms with van der Waals surface area (Å²) < 4.78 is 55.3. The summed E-state index contributed by atoms with van der Waals surface area (Å²) in [7, 11) is -3.89. The van der Waals surface area contributed by atoms with Crippen LogP contribution >= 0.6 is 11.3 Å². The summed E-state index contributed by atoms with van der Waals surface area (Å²) in [4.78, 5) is 24.0. The van der Waals surface area contributed by atoms with Crippen molar-refractivity contribution in [2.24, 2.45) is 5.92 Å². The van der Waals surface area contributed by atoms with Gasteiger partial charge in [-0.1, -0.05) is 17.4 Å². The Kier molecular flexibility index (Phi) is 6.78. The minimum Gasteiger partial charge on any atom is -0.283 e. The lowest BCUT2D eigenvalue weighted by Crippen LogP contribution is -2.46. The molecule has 0 spiro atoms. The van der Waals surface area contributed by atoms with Crippen LogP contribution in [0.25, 0.3) is 10.2 Å². The summed E-state index contributed by atoms with van der Waals surface area (Å²) in [5.41, 5.74) is 1.35. The molecule has 0 radical (unpaired) electrons. The molecular formula is C25H22F2N4O3S2. The number of benzene rings is 2. The van der Waals surface area contributed by atoms with Gasteiger partial charge >= 0.3 is 0 Å². The van der Waals surface area contributed by atoms with Crippen molar-refractivity contribution in [3.05, 3.63) is 84.2 Å². The monoisotopic (exact) mass is 528 g/mol. The number of pyridine rings is 1. The molecule has 1 amide bonds. The zero-order valence-electron chi connectivity index (χ0n) is 19.0. The first-order valence-electron chi connectivity index (χ1n) is 11.3. The van der Waals surface area contributed by atoms with Gasteiger partial charge in [0.1, 0.15) is 11.6 Å². The van der Waals surface area contributed by atoms with Crippen molar-refractivity contribution in [1.82, 2.24) is 14.3 Å². The Balaban J connectivity index is 1.44. The molecule has 4 aromatic rings. The molecule has 1 aliphatic rings. The number of carbonyl (C=O) groups excluding carboxylic acids is 1. The number of anilines is 1. The molecule has 1 atom stereocenters. The summed E-state index contributed by atoms with van der Waals surface area (Å²) >= 11 is 1.20. The second kappa shape index (κ2) is 10.00. The van der Waals surface area contributed by atoms with E-state index in [9.17, 15) is 22.0 Å². The van der Waals surface area contributed by atoms with E-state index in [4.69, 9.17) is 0 Å². The molecule has 0 aliphatic carbocycles. The van der Waals surface area contributed by atoms with Gasteiger partial charge in [-0.3, -0.25) is 14.7 Å². The minimum absolute atomic E-state index is 0.00159. The Bertz CT molecular complexity index is 1500. The van der Waals surface area contributed by atoms with Gasteiger partial charge in [-0.25, -0.2) is 22.2 Å². The van der Waals surface area contributed by atoms with Gasteiger partial charge in [-0.2, -0.15) is 4.31 Å². The molecule has 0 bridgehead atoms. The lowest BCUT2D eigenvalue weighted by atomic mass is 9.98. The molecule has 2 aromatic carbocycles. The fraction of sp³-hybridized carbons (Fsp3) is 0.240. The Morgan fingerprint density at radius 2 is 1.89 bits per heavy atom. The van der Waals surface area contributed by atoms with Crippen LogP contribution < -0.4 is 4.90 Å². The third kappa shape index (κ3) is 4.99. The minimum atomic E-state index is -3.89. The van der Waals surface area contributed by atoms with E-state index >= 15 is 0 Å². The quantitative estimate of drug-likeness (QED) is 0.365. The lowest BCUT2D eigenvalue weighted by molar-refractivity contribution is -0.123. The van der Waals surface area contributed by atoms with Crippen molar-refractivity contribution in [2.45, 2.75) is 24.3 Å². The number of thiazole rings is 1. The van der Waals surface area contributed by atoms with Crippen molar-refractivity contribution in [3.8, 4) is 0 Å². The maximum absolute atomic E-state index is 13.8. The van der Waals surface area contributed by atoms with E-state index in [1.807, 2.05) is 6.07 Å². The van der Waals surface area contributed by atoms with E-state index in [0.717, 1.165) is 17.7 Å². The van der Waals surface area contributed by atoms with Crippen LogP contribution in [0, 0.1) is 17.6 Å². The van der Waals surface area contributed by atoms with E-state index in [1.165, 1.54) is 44.8 Å². The number of halogens is 2. The lowest BCUT2D eigenvalue weighted by Gasteiger charge is -2.33. The second-order valence-corrected chi connectivity index (χ2v) is 11.5. The molecular weight excluding hydrogens is 506 g/mol.